The molecule has 62 heavy (non-hydrogen) atoms. The maximum Gasteiger partial charge on any atom is 0.160 e. The summed E-state index contributed by atoms with van der Waals surface area (Å²) in [5.41, 5.74) is 18.0. The minimum atomic E-state index is 0.739. The van der Waals surface area contributed by atoms with Crippen molar-refractivity contribution in [1.29, 1.82) is 0 Å². The lowest BCUT2D eigenvalue weighted by molar-refractivity contribution is 0.605. The predicted molar refractivity (Wildman–Crippen MR) is 268 cm³/mol. The number of aryl methyl sites for hydroxylation is 4. The van der Waals surface area contributed by atoms with E-state index in [2.05, 4.69) is 185 Å². The maximum absolute atomic E-state index is 5.33. The van der Waals surface area contributed by atoms with E-state index >= 15 is 0 Å². The largest absolute Gasteiger partial charge is 0.228 e. The molecule has 0 aliphatic carbocycles. The summed E-state index contributed by atoms with van der Waals surface area (Å²) in [5.74, 6) is 0.739. The lowest BCUT2D eigenvalue weighted by atomic mass is 9.87. The second-order valence-electron chi connectivity index (χ2n) is 17.3. The third-order valence-electron chi connectivity index (χ3n) is 12.3. The number of benzene rings is 6. The molecule has 0 saturated heterocycles. The fraction of sp³-hybridized carbons (Fsp3) is 0.300. The van der Waals surface area contributed by atoms with E-state index in [1.165, 1.54) is 133 Å². The van der Waals surface area contributed by atoms with Crippen LogP contribution < -0.4 is 0 Å². The molecule has 0 amide bonds. The first-order chi connectivity index (χ1) is 30.5. The Labute approximate surface area is 373 Å². The van der Waals surface area contributed by atoms with Crippen LogP contribution in [0.5, 0.6) is 0 Å². The van der Waals surface area contributed by atoms with Gasteiger partial charge >= 0.3 is 0 Å². The average Bonchev–Trinajstić information content (AvgIpc) is 3.32. The summed E-state index contributed by atoms with van der Waals surface area (Å²) in [6.07, 6.45) is 22.2. The van der Waals surface area contributed by atoms with Crippen LogP contribution in [0.25, 0.3) is 68.3 Å². The summed E-state index contributed by atoms with van der Waals surface area (Å²) in [6.45, 7) is 9.07. The highest BCUT2D eigenvalue weighted by molar-refractivity contribution is 5.83. The predicted octanol–water partition coefficient (Wildman–Crippen LogP) is 17.4. The molecule has 7 aromatic rings. The summed E-state index contributed by atoms with van der Waals surface area (Å²) in [4.78, 5) is 10.7. The van der Waals surface area contributed by atoms with Gasteiger partial charge in [-0.1, -0.05) is 217 Å². The Morgan fingerprint density at radius 2 is 0.871 bits per heavy atom. The van der Waals surface area contributed by atoms with Crippen LogP contribution in [0.15, 0.2) is 146 Å². The van der Waals surface area contributed by atoms with Gasteiger partial charge in [0.25, 0.3) is 0 Å². The first kappa shape index (κ1) is 44.2. The van der Waals surface area contributed by atoms with Gasteiger partial charge in [0.1, 0.15) is 0 Å². The van der Waals surface area contributed by atoms with E-state index in [0.717, 1.165) is 46.7 Å². The zero-order valence-electron chi connectivity index (χ0n) is 37.8. The molecule has 0 radical (unpaired) electrons. The Morgan fingerprint density at radius 3 is 1.44 bits per heavy atom. The minimum Gasteiger partial charge on any atom is -0.228 e. The Hall–Kier alpha value is -5.86. The zero-order chi connectivity index (χ0) is 42.9. The van der Waals surface area contributed by atoms with Crippen molar-refractivity contribution in [3.8, 4) is 56.2 Å². The molecular weight excluding hydrogens is 749 g/mol. The van der Waals surface area contributed by atoms with Crippen LogP contribution >= 0.6 is 0 Å². The van der Waals surface area contributed by atoms with E-state index in [-0.39, 0.29) is 0 Å². The van der Waals surface area contributed by atoms with Crippen LogP contribution in [0, 0.1) is 13.8 Å². The van der Waals surface area contributed by atoms with E-state index in [9.17, 15) is 0 Å². The van der Waals surface area contributed by atoms with E-state index < -0.39 is 0 Å². The molecule has 0 N–H and O–H groups in total. The van der Waals surface area contributed by atoms with Crippen molar-refractivity contribution in [3.05, 3.63) is 179 Å². The fourth-order valence-corrected chi connectivity index (χ4v) is 8.57. The second-order valence-corrected chi connectivity index (χ2v) is 17.3. The molecule has 0 spiro atoms. The van der Waals surface area contributed by atoms with Gasteiger partial charge in [-0.25, -0.2) is 9.97 Å². The van der Waals surface area contributed by atoms with Crippen molar-refractivity contribution in [2.45, 2.75) is 118 Å². The average molecular weight is 815 g/mol. The van der Waals surface area contributed by atoms with Gasteiger partial charge in [-0.05, 0) is 114 Å². The Kier molecular flexibility index (Phi) is 16.3. The van der Waals surface area contributed by atoms with Gasteiger partial charge in [-0.3, -0.25) is 0 Å². The van der Waals surface area contributed by atoms with Gasteiger partial charge in [-0.15, -0.1) is 0 Å². The number of nitrogens with zero attached hydrogens (tertiary/aromatic N) is 2. The fourth-order valence-electron chi connectivity index (χ4n) is 8.57. The third kappa shape index (κ3) is 12.4. The molecule has 0 atom stereocenters. The smallest absolute Gasteiger partial charge is 0.160 e. The lowest BCUT2D eigenvalue weighted by Crippen LogP contribution is -2.00. The Bertz CT molecular complexity index is 2420. The monoisotopic (exact) mass is 815 g/mol. The van der Waals surface area contributed by atoms with Crippen LogP contribution in [0.4, 0.5) is 0 Å². The Balaban J connectivity index is 1.34. The van der Waals surface area contributed by atoms with Gasteiger partial charge in [-0.2, -0.15) is 0 Å². The van der Waals surface area contributed by atoms with E-state index in [0.29, 0.717) is 0 Å². The highest BCUT2D eigenvalue weighted by Gasteiger charge is 2.17. The molecule has 0 fully saturated rings. The van der Waals surface area contributed by atoms with Crippen molar-refractivity contribution in [3.63, 3.8) is 0 Å². The lowest BCUT2D eigenvalue weighted by Gasteiger charge is -2.18. The Morgan fingerprint density at radius 1 is 0.387 bits per heavy atom. The van der Waals surface area contributed by atoms with Crippen molar-refractivity contribution in [2.75, 3.05) is 0 Å². The van der Waals surface area contributed by atoms with E-state index in [1.54, 1.807) is 0 Å². The summed E-state index contributed by atoms with van der Waals surface area (Å²) >= 11 is 0. The number of aromatic nitrogens is 2. The number of unbranched alkanes of at least 4 members (excludes halogenated alkanes) is 10. The molecule has 316 valence electrons. The second kappa shape index (κ2) is 22.8. The SMILES string of the molecule is CCCCCCCCc1cc(-c2cc(-c3ccc(/C=C/c4ccc(C)cc4)cc3)cc(-c3nc(-c4ccccc4)cc(-c4ccccc4)n3)c2)c(CCCCCCCC)cc1C. The van der Waals surface area contributed by atoms with Crippen LogP contribution in [0.3, 0.4) is 0 Å². The highest BCUT2D eigenvalue weighted by atomic mass is 14.9. The van der Waals surface area contributed by atoms with Crippen LogP contribution in [-0.2, 0) is 12.8 Å². The molecule has 0 unspecified atom stereocenters. The maximum atomic E-state index is 5.33. The van der Waals surface area contributed by atoms with Gasteiger partial charge in [0, 0.05) is 16.7 Å². The minimum absolute atomic E-state index is 0.739. The van der Waals surface area contributed by atoms with Gasteiger partial charge in [0.15, 0.2) is 5.82 Å². The molecule has 0 aliphatic rings. The number of hydrogen-bond donors (Lipinski definition) is 0. The summed E-state index contributed by atoms with van der Waals surface area (Å²) in [5, 5.41) is 0. The van der Waals surface area contributed by atoms with Crippen molar-refractivity contribution in [2.24, 2.45) is 0 Å². The standard InChI is InChI=1S/C60H66N2/c1-5-7-9-11-13-17-27-52-43-57(53(39-46(52)4)28-18-14-12-10-8-6-2)55-40-54(49-37-35-48(36-38-49)34-33-47-31-29-45(3)30-32-47)41-56(42-55)60-61-58(50-23-19-15-20-24-50)44-59(62-60)51-25-21-16-22-26-51/h15-16,19-26,29-44H,5-14,17-18,27-28H2,1-4H3/b34-33+. The molecule has 0 saturated carbocycles. The zero-order valence-corrected chi connectivity index (χ0v) is 37.8. The summed E-state index contributed by atoms with van der Waals surface area (Å²) in [7, 11) is 0. The molecule has 0 aliphatic heterocycles. The van der Waals surface area contributed by atoms with E-state index in [4.69, 9.17) is 9.97 Å². The third-order valence-corrected chi connectivity index (χ3v) is 12.3. The molecule has 2 nitrogen and oxygen atoms in total. The van der Waals surface area contributed by atoms with Crippen molar-refractivity contribution in [1.82, 2.24) is 9.97 Å². The molecule has 2 heteroatoms. The summed E-state index contributed by atoms with van der Waals surface area (Å²) in [6, 6.07) is 53.0. The molecule has 7 rings (SSSR count). The molecule has 6 aromatic carbocycles. The van der Waals surface area contributed by atoms with Crippen LogP contribution in [0.2, 0.25) is 0 Å². The first-order valence-electron chi connectivity index (χ1n) is 23.6. The quantitative estimate of drug-likeness (QED) is 0.0533. The van der Waals surface area contributed by atoms with Gasteiger partial charge in [0.2, 0.25) is 0 Å². The summed E-state index contributed by atoms with van der Waals surface area (Å²) < 4.78 is 0. The van der Waals surface area contributed by atoms with Crippen molar-refractivity contribution < 1.29 is 0 Å². The molecule has 1 heterocycles. The van der Waals surface area contributed by atoms with Gasteiger partial charge < -0.3 is 0 Å². The number of rotatable bonds is 21. The molecule has 0 bridgehead atoms. The van der Waals surface area contributed by atoms with Crippen molar-refractivity contribution >= 4 is 12.2 Å². The highest BCUT2D eigenvalue weighted by Crippen LogP contribution is 2.37. The normalized spacial score (nSPS) is 11.4. The first-order valence-corrected chi connectivity index (χ1v) is 23.6. The van der Waals surface area contributed by atoms with Gasteiger partial charge in [0.05, 0.1) is 11.4 Å². The van der Waals surface area contributed by atoms with Crippen LogP contribution in [-0.4, -0.2) is 9.97 Å². The molecular formula is C60H66N2. The van der Waals surface area contributed by atoms with Crippen LogP contribution in [0.1, 0.15) is 124 Å². The van der Waals surface area contributed by atoms with E-state index in [1.807, 2.05) is 0 Å². The topological polar surface area (TPSA) is 25.8 Å². The number of hydrogen-bond acceptors (Lipinski definition) is 2. The molecule has 1 aromatic heterocycles.